The zero-order chi connectivity index (χ0) is 78.5. The van der Waals surface area contributed by atoms with Crippen LogP contribution in [0.5, 0.6) is 0 Å². The molecule has 1 aromatic heterocycles. The highest BCUT2D eigenvalue weighted by atomic mass is 32.2. The minimum Gasteiger partial charge on any atom is -0.481 e. The first kappa shape index (κ1) is 95.5. The summed E-state index contributed by atoms with van der Waals surface area (Å²) in [5.74, 6) is -5.53. The number of anilines is 1. The first-order chi connectivity index (χ1) is 49.6. The van der Waals surface area contributed by atoms with Gasteiger partial charge in [-0.25, -0.2) is 23.0 Å². The monoisotopic (exact) mass is 1510 g/mol. The van der Waals surface area contributed by atoms with Gasteiger partial charge < -0.3 is 65.3 Å². The highest BCUT2D eigenvalue weighted by Gasteiger charge is 2.31. The first-order valence-electron chi connectivity index (χ1n) is 36.9. The molecule has 105 heavy (non-hydrogen) atoms. The number of unbranched alkanes of at least 4 members (excludes halogenated alkanes) is 13. The lowest BCUT2D eigenvalue weighted by Crippen LogP contribution is -2.47. The maximum Gasteiger partial charge on any atom is 0.412 e. The summed E-state index contributed by atoms with van der Waals surface area (Å²) in [7, 11) is -2.26. The molecule has 31 nitrogen and oxygen atoms in total. The summed E-state index contributed by atoms with van der Waals surface area (Å²) < 4.78 is 63.2. The second kappa shape index (κ2) is 55.0. The van der Waals surface area contributed by atoms with Crippen molar-refractivity contribution in [3.8, 4) is 0 Å². The molecule has 3 atom stereocenters. The Kier molecular flexibility index (Phi) is 50.0. The molecule has 1 heterocycles. The summed E-state index contributed by atoms with van der Waals surface area (Å²) in [5, 5.41) is 28.5. The van der Waals surface area contributed by atoms with Crippen LogP contribution in [0.1, 0.15) is 245 Å². The molecule has 0 aliphatic carbocycles. The molecule has 2 rings (SSSR count). The van der Waals surface area contributed by atoms with Crippen LogP contribution >= 0.6 is 0 Å². The van der Waals surface area contributed by atoms with Gasteiger partial charge in [-0.1, -0.05) is 70.6 Å². The fraction of sp³-hybridized carbons (Fsp3) is 0.740. The number of carbonyl (C=O) groups is 11. The van der Waals surface area contributed by atoms with Crippen LogP contribution in [0.15, 0.2) is 30.6 Å². The van der Waals surface area contributed by atoms with Crippen LogP contribution in [0.4, 0.5) is 10.5 Å². The van der Waals surface area contributed by atoms with E-state index in [0.717, 1.165) is 31.5 Å². The van der Waals surface area contributed by atoms with Gasteiger partial charge in [0.15, 0.2) is 5.78 Å². The van der Waals surface area contributed by atoms with Crippen LogP contribution in [0.3, 0.4) is 0 Å². The number of sulfonamides is 1. The first-order valence-corrected chi connectivity index (χ1v) is 38.5. The second-order valence-corrected chi connectivity index (χ2v) is 30.4. The van der Waals surface area contributed by atoms with Crippen molar-refractivity contribution in [2.75, 3.05) is 84.1 Å². The molecule has 2 aromatic rings. The molecule has 1 aromatic carbocycles. The molecule has 6 amide bonds. The Morgan fingerprint density at radius 2 is 1.10 bits per heavy atom. The van der Waals surface area contributed by atoms with Crippen LogP contribution in [0.25, 0.3) is 0 Å². The molecular weight excluding hydrogens is 1380 g/mol. The number of hydrogen-bond donors (Lipinski definition) is 9. The topological polar surface area (TPSA) is 447 Å². The lowest BCUT2D eigenvalue weighted by Gasteiger charge is -2.25. The Morgan fingerprint density at radius 1 is 0.543 bits per heavy atom. The third kappa shape index (κ3) is 54.7. The van der Waals surface area contributed by atoms with Gasteiger partial charge in [0.25, 0.3) is 5.91 Å². The molecule has 0 aliphatic heterocycles. The van der Waals surface area contributed by atoms with E-state index in [9.17, 15) is 61.2 Å². The summed E-state index contributed by atoms with van der Waals surface area (Å²) in [6, 6.07) is 4.37. The van der Waals surface area contributed by atoms with Crippen molar-refractivity contribution in [3.63, 3.8) is 0 Å². The Bertz CT molecular complexity index is 2970. The maximum absolute atomic E-state index is 13.2. The Morgan fingerprint density at radius 3 is 1.68 bits per heavy atom. The average molecular weight is 1510 g/mol. The van der Waals surface area contributed by atoms with Crippen LogP contribution in [0, 0.1) is 5.92 Å². The number of aryl methyl sites for hydroxylation is 1. The molecule has 10 N–H and O–H groups in total. The number of carboxylic acid groups (broad SMARTS) is 1. The van der Waals surface area contributed by atoms with Gasteiger partial charge in [0, 0.05) is 82.9 Å². The van der Waals surface area contributed by atoms with Gasteiger partial charge in [0.2, 0.25) is 33.7 Å². The van der Waals surface area contributed by atoms with E-state index in [2.05, 4.69) is 41.8 Å². The van der Waals surface area contributed by atoms with Gasteiger partial charge >= 0.3 is 24.0 Å². The number of esters is 2. The van der Waals surface area contributed by atoms with Crippen LogP contribution in [-0.2, 0) is 92.8 Å². The van der Waals surface area contributed by atoms with E-state index in [4.69, 9.17) is 44.0 Å². The number of benzene rings is 1. The lowest BCUT2D eigenvalue weighted by atomic mass is 9.96. The number of Topliss-reactive ketones (excluding diaryl/α,β-unsaturated/α-hetero) is 2. The van der Waals surface area contributed by atoms with Crippen molar-refractivity contribution >= 4 is 80.8 Å². The standard InChI is InChI=1S/C51H84N6O16.C22H40N4O5S/c1-49(2,3)71-46(64)36(32-39(59)33-69-30-29-68-27-24-52)18-23-42(60)57-41(47(65)72-50(4,5)6)22-21-38(58)14-13-26-67-28-31-70-34-43(61)56-40(45(63)53-10)15-11-12-25-54-44(62)35-16-19-37(20-17-35)55-48(66)73-51(7,8)9;27-21(26-32(30,31)18-14-17-22(28)29)16-13-11-9-7-5-3-1-2-4-6-8-10-12-15-20-23-19-24-25-20/h16-17,19-20,36,40-41H,11-15,18,21-34,52H2,1-10H3,(H,53,63)(H,54,62)(H,55,66)(H,56,61)(H,57,60);19H,1-18H2,(H,26,27)(H,28,29)(H,23,24,25)/t36-,40+,41?;/m1./s1. The van der Waals surface area contributed by atoms with E-state index in [1.54, 1.807) is 92.9 Å². The van der Waals surface area contributed by atoms with Gasteiger partial charge in [-0.2, -0.15) is 5.10 Å². The number of carbonyl (C=O) groups excluding carboxylic acids is 10. The fourth-order valence-electron chi connectivity index (χ4n) is 10.0. The molecule has 0 saturated heterocycles. The number of aromatic amines is 1. The van der Waals surface area contributed by atoms with Crippen molar-refractivity contribution < 1.29 is 99.4 Å². The number of aromatic nitrogens is 3. The van der Waals surface area contributed by atoms with Crippen molar-refractivity contribution in [1.29, 1.82) is 0 Å². The van der Waals surface area contributed by atoms with E-state index in [-0.39, 0.29) is 133 Å². The molecule has 598 valence electrons. The number of nitrogens with one attached hydrogen (secondary N) is 7. The largest absolute Gasteiger partial charge is 0.481 e. The van der Waals surface area contributed by atoms with Crippen molar-refractivity contribution in [3.05, 3.63) is 42.0 Å². The zero-order valence-corrected chi connectivity index (χ0v) is 64.8. The van der Waals surface area contributed by atoms with E-state index in [1.807, 2.05) is 4.72 Å². The third-order valence-corrected chi connectivity index (χ3v) is 16.5. The number of amides is 6. The summed E-state index contributed by atoms with van der Waals surface area (Å²) in [4.78, 5) is 141. The summed E-state index contributed by atoms with van der Waals surface area (Å²) in [5.41, 5.74) is 3.89. The molecule has 0 saturated carbocycles. The molecule has 0 aliphatic rings. The number of carboxylic acids is 1. The average Bonchev–Trinajstić information content (AvgIpc) is 1.77. The fourth-order valence-corrected chi connectivity index (χ4v) is 11.1. The van der Waals surface area contributed by atoms with Gasteiger partial charge in [-0.05, 0) is 144 Å². The van der Waals surface area contributed by atoms with Crippen molar-refractivity contribution in [2.24, 2.45) is 11.7 Å². The van der Waals surface area contributed by atoms with E-state index in [1.165, 1.54) is 64.8 Å². The van der Waals surface area contributed by atoms with Gasteiger partial charge in [-0.3, -0.25) is 58.3 Å². The number of nitrogens with two attached hydrogens (primary N) is 1. The SMILES string of the molecule is CNC(=O)[C@H](CCCCNC(=O)c1ccc(NC(=O)OC(C)(C)C)cc1)NC(=O)COCCOCCCC(=O)CCC(NC(=O)CC[C@H](CC(=O)COCCOCCN)C(=O)OC(C)(C)C)C(=O)OC(C)(C)C.O=C(O)CCCS(=O)(=O)NC(=O)CCCCCCCCCCCCCCCc1ncn[nH]1. The number of ketones is 2. The maximum atomic E-state index is 13.2. The third-order valence-electron chi connectivity index (χ3n) is 15.2. The minimum absolute atomic E-state index is 0.00253. The predicted octanol–water partition coefficient (Wildman–Crippen LogP) is 7.96. The highest BCUT2D eigenvalue weighted by Crippen LogP contribution is 2.21. The number of nitrogens with zero attached hydrogens (tertiary/aromatic N) is 2. The molecule has 0 bridgehead atoms. The number of rotatable bonds is 57. The summed E-state index contributed by atoms with van der Waals surface area (Å²) in [6.45, 7) is 16.6. The lowest BCUT2D eigenvalue weighted by molar-refractivity contribution is -0.162. The van der Waals surface area contributed by atoms with Crippen molar-refractivity contribution in [2.45, 2.75) is 265 Å². The Labute approximate surface area is 621 Å². The number of aliphatic carboxylic acids is 1. The molecule has 1 unspecified atom stereocenters. The summed E-state index contributed by atoms with van der Waals surface area (Å²) in [6.07, 6.45) is 18.3. The van der Waals surface area contributed by atoms with Gasteiger partial charge in [0.05, 0.1) is 44.7 Å². The number of H-pyrrole nitrogens is 1. The number of hydrogen-bond acceptors (Lipinski definition) is 23. The quantitative estimate of drug-likeness (QED) is 0.0172. The van der Waals surface area contributed by atoms with E-state index < -0.39 is 86.6 Å². The normalized spacial score (nSPS) is 12.4. The predicted molar refractivity (Wildman–Crippen MR) is 394 cm³/mol. The van der Waals surface area contributed by atoms with Crippen LogP contribution in [0.2, 0.25) is 0 Å². The summed E-state index contributed by atoms with van der Waals surface area (Å²) >= 11 is 0. The zero-order valence-electron chi connectivity index (χ0n) is 64.0. The number of ether oxygens (including phenoxy) is 7. The van der Waals surface area contributed by atoms with E-state index >= 15 is 0 Å². The minimum atomic E-state index is -3.72. The molecule has 0 spiro atoms. The van der Waals surface area contributed by atoms with Gasteiger partial charge in [0.1, 0.15) is 60.0 Å². The highest BCUT2D eigenvalue weighted by molar-refractivity contribution is 7.90. The smallest absolute Gasteiger partial charge is 0.412 e. The van der Waals surface area contributed by atoms with Crippen molar-refractivity contribution in [1.82, 2.24) is 41.2 Å². The number of likely N-dealkylation sites (N-methyl/N-ethyl adjacent to an activating group) is 1. The van der Waals surface area contributed by atoms with Crippen LogP contribution in [-0.4, -0.2) is 201 Å². The van der Waals surface area contributed by atoms with Crippen LogP contribution < -0.4 is 37.0 Å². The molecular formula is C73H124N10O21S. The molecule has 32 heteroatoms. The Balaban J connectivity index is 0.00000143. The molecule has 0 radical (unpaired) electrons. The Hall–Kier alpha value is -7.52. The second-order valence-electron chi connectivity index (χ2n) is 28.5. The van der Waals surface area contributed by atoms with E-state index in [0.29, 0.717) is 63.1 Å². The molecule has 0 fully saturated rings. The van der Waals surface area contributed by atoms with Gasteiger partial charge in [-0.15, -0.1) is 0 Å².